The lowest BCUT2D eigenvalue weighted by atomic mass is 10.2. The molecule has 1 aliphatic rings. The Kier molecular flexibility index (Phi) is 6.36. The van der Waals surface area contributed by atoms with Crippen LogP contribution >= 0.6 is 0 Å². The minimum atomic E-state index is -3.11. The number of esters is 1. The topological polar surface area (TPSA) is 110 Å². The van der Waals surface area contributed by atoms with Crippen LogP contribution in [0.1, 0.15) is 30.1 Å². The summed E-state index contributed by atoms with van der Waals surface area (Å²) in [4.78, 5) is 36.7. The highest BCUT2D eigenvalue weighted by atomic mass is 32.2. The molecule has 0 bridgehead atoms. The third-order valence-electron chi connectivity index (χ3n) is 4.22. The molecule has 0 aromatic heterocycles. The van der Waals surface area contributed by atoms with E-state index in [1.807, 2.05) is 0 Å². The summed E-state index contributed by atoms with van der Waals surface area (Å²) in [6, 6.07) is 5.86. The minimum Gasteiger partial charge on any atom is -0.465 e. The van der Waals surface area contributed by atoms with E-state index >= 15 is 0 Å². The van der Waals surface area contributed by atoms with E-state index in [1.165, 1.54) is 31.1 Å². The van der Waals surface area contributed by atoms with Crippen LogP contribution in [0.4, 0.5) is 5.69 Å². The maximum absolute atomic E-state index is 12.1. The molecule has 1 fully saturated rings. The summed E-state index contributed by atoms with van der Waals surface area (Å²) in [5.41, 5.74) is 0.885. The van der Waals surface area contributed by atoms with Gasteiger partial charge in [-0.3, -0.25) is 9.59 Å². The normalized spacial score (nSPS) is 18.2. The van der Waals surface area contributed by atoms with Crippen molar-refractivity contribution >= 4 is 33.3 Å². The van der Waals surface area contributed by atoms with Gasteiger partial charge in [-0.1, -0.05) is 0 Å². The summed E-state index contributed by atoms with van der Waals surface area (Å²) in [5.74, 6) is -1.000. The molecule has 1 aromatic rings. The number of ether oxygens (including phenoxy) is 1. The van der Waals surface area contributed by atoms with E-state index in [2.05, 4.69) is 10.1 Å². The van der Waals surface area contributed by atoms with E-state index < -0.39 is 15.8 Å². The molecule has 0 aliphatic carbocycles. The van der Waals surface area contributed by atoms with Crippen molar-refractivity contribution in [2.24, 2.45) is 0 Å². The van der Waals surface area contributed by atoms with Gasteiger partial charge in [-0.25, -0.2) is 13.2 Å². The lowest BCUT2D eigenvalue weighted by Crippen LogP contribution is -2.41. The van der Waals surface area contributed by atoms with Crippen LogP contribution in [0.25, 0.3) is 0 Å². The lowest BCUT2D eigenvalue weighted by molar-refractivity contribution is -0.131. The van der Waals surface area contributed by atoms with Crippen LogP contribution in [-0.2, 0) is 24.2 Å². The van der Waals surface area contributed by atoms with Crippen molar-refractivity contribution in [3.63, 3.8) is 0 Å². The fourth-order valence-corrected chi connectivity index (χ4v) is 4.60. The largest absolute Gasteiger partial charge is 0.465 e. The average Bonchev–Trinajstić information content (AvgIpc) is 2.94. The number of nitrogens with zero attached hydrogens (tertiary/aromatic N) is 1. The lowest BCUT2D eigenvalue weighted by Gasteiger charge is -2.26. The van der Waals surface area contributed by atoms with E-state index in [0.717, 1.165) is 0 Å². The number of hydrogen-bond acceptors (Lipinski definition) is 6. The van der Waals surface area contributed by atoms with Crippen molar-refractivity contribution in [1.82, 2.24) is 4.90 Å². The Morgan fingerprint density at radius 1 is 1.23 bits per heavy atom. The molecule has 26 heavy (non-hydrogen) atoms. The second-order valence-electron chi connectivity index (χ2n) is 6.14. The second-order valence-corrected chi connectivity index (χ2v) is 8.37. The number of hydrogen-bond donors (Lipinski definition) is 1. The van der Waals surface area contributed by atoms with Gasteiger partial charge in [-0.2, -0.15) is 0 Å². The molecule has 1 aliphatic heterocycles. The number of sulfone groups is 1. The third kappa shape index (κ3) is 5.29. The number of benzene rings is 1. The Hall–Kier alpha value is -2.42. The molecule has 0 spiro atoms. The molecule has 8 nitrogen and oxygen atoms in total. The summed E-state index contributed by atoms with van der Waals surface area (Å²) < 4.78 is 27.8. The maximum Gasteiger partial charge on any atom is 0.337 e. The number of methoxy groups -OCH3 is 1. The van der Waals surface area contributed by atoms with Gasteiger partial charge in [0.15, 0.2) is 9.84 Å². The van der Waals surface area contributed by atoms with Crippen molar-refractivity contribution in [1.29, 1.82) is 0 Å². The molecule has 2 rings (SSSR count). The molecule has 1 saturated heterocycles. The zero-order valence-corrected chi connectivity index (χ0v) is 15.5. The van der Waals surface area contributed by atoms with Gasteiger partial charge in [0.2, 0.25) is 11.8 Å². The minimum absolute atomic E-state index is 0.0505. The molecule has 9 heteroatoms. The SMILES string of the molecule is COC(=O)c1ccc(NC(=O)CCN(C(C)=O)C2CCS(=O)(=O)C2)cc1. The van der Waals surface area contributed by atoms with E-state index in [-0.39, 0.29) is 42.3 Å². The number of amides is 2. The highest BCUT2D eigenvalue weighted by Crippen LogP contribution is 2.18. The summed E-state index contributed by atoms with van der Waals surface area (Å²) >= 11 is 0. The molecule has 1 heterocycles. The number of carbonyl (C=O) groups excluding carboxylic acids is 3. The Morgan fingerprint density at radius 2 is 1.88 bits per heavy atom. The quantitative estimate of drug-likeness (QED) is 0.730. The summed E-state index contributed by atoms with van der Waals surface area (Å²) in [5, 5.41) is 2.68. The monoisotopic (exact) mass is 382 g/mol. The maximum atomic E-state index is 12.1. The van der Waals surface area contributed by atoms with E-state index in [4.69, 9.17) is 0 Å². The van der Waals surface area contributed by atoms with Gasteiger partial charge in [-0.15, -0.1) is 0 Å². The number of rotatable bonds is 6. The van der Waals surface area contributed by atoms with Crippen LogP contribution in [0.15, 0.2) is 24.3 Å². The highest BCUT2D eigenvalue weighted by Gasteiger charge is 2.33. The number of nitrogens with one attached hydrogen (secondary N) is 1. The second kappa shape index (κ2) is 8.31. The van der Waals surface area contributed by atoms with Gasteiger partial charge in [0.05, 0.1) is 24.2 Å². The molecule has 0 radical (unpaired) electrons. The Morgan fingerprint density at radius 3 is 2.38 bits per heavy atom. The predicted molar refractivity (Wildman–Crippen MR) is 95.5 cm³/mol. The van der Waals surface area contributed by atoms with Crippen molar-refractivity contribution in [3.05, 3.63) is 29.8 Å². The first-order valence-corrected chi connectivity index (χ1v) is 10.00. The number of carbonyl (C=O) groups is 3. The van der Waals surface area contributed by atoms with Crippen LogP contribution in [-0.4, -0.2) is 62.3 Å². The van der Waals surface area contributed by atoms with Crippen molar-refractivity contribution in [3.8, 4) is 0 Å². The predicted octanol–water partition coefficient (Wildman–Crippen LogP) is 0.837. The molecule has 142 valence electrons. The summed E-state index contributed by atoms with van der Waals surface area (Å²) in [6.07, 6.45) is 0.452. The van der Waals surface area contributed by atoms with Crippen molar-refractivity contribution in [2.45, 2.75) is 25.8 Å². The van der Waals surface area contributed by atoms with Crippen LogP contribution in [0, 0.1) is 0 Å². The smallest absolute Gasteiger partial charge is 0.337 e. The first kappa shape index (κ1) is 19.9. The van der Waals surface area contributed by atoms with Gasteiger partial charge < -0.3 is 15.0 Å². The fourth-order valence-electron chi connectivity index (χ4n) is 2.87. The highest BCUT2D eigenvalue weighted by molar-refractivity contribution is 7.91. The van der Waals surface area contributed by atoms with Crippen LogP contribution in [0.5, 0.6) is 0 Å². The fraction of sp³-hybridized carbons (Fsp3) is 0.471. The van der Waals surface area contributed by atoms with Crippen LogP contribution < -0.4 is 5.32 Å². The Bertz CT molecular complexity index is 788. The third-order valence-corrected chi connectivity index (χ3v) is 5.97. The Labute approximate surface area is 152 Å². The average molecular weight is 382 g/mol. The zero-order chi connectivity index (χ0) is 19.3. The van der Waals surface area contributed by atoms with E-state index in [9.17, 15) is 22.8 Å². The Balaban J connectivity index is 1.90. The van der Waals surface area contributed by atoms with Gasteiger partial charge in [-0.05, 0) is 30.7 Å². The molecule has 1 aromatic carbocycles. The van der Waals surface area contributed by atoms with E-state index in [0.29, 0.717) is 17.7 Å². The van der Waals surface area contributed by atoms with Gasteiger partial charge in [0.1, 0.15) is 0 Å². The molecular formula is C17H22N2O6S. The first-order valence-electron chi connectivity index (χ1n) is 8.17. The summed E-state index contributed by atoms with van der Waals surface area (Å²) in [6.45, 7) is 1.52. The number of anilines is 1. The van der Waals surface area contributed by atoms with E-state index in [1.54, 1.807) is 12.1 Å². The van der Waals surface area contributed by atoms with Gasteiger partial charge in [0, 0.05) is 31.6 Å². The molecule has 1 N–H and O–H groups in total. The first-order chi connectivity index (χ1) is 12.2. The molecule has 2 amide bonds. The zero-order valence-electron chi connectivity index (χ0n) is 14.7. The molecule has 1 unspecified atom stereocenters. The molecule has 1 atom stereocenters. The van der Waals surface area contributed by atoms with Crippen LogP contribution in [0.3, 0.4) is 0 Å². The van der Waals surface area contributed by atoms with Crippen molar-refractivity contribution < 1.29 is 27.5 Å². The van der Waals surface area contributed by atoms with Crippen LogP contribution in [0.2, 0.25) is 0 Å². The standard InChI is InChI=1S/C17H22N2O6S/c1-12(20)19(15-8-10-26(23,24)11-15)9-7-16(21)18-14-5-3-13(4-6-14)17(22)25-2/h3-6,15H,7-11H2,1-2H3,(H,18,21). The van der Waals surface area contributed by atoms with Gasteiger partial charge >= 0.3 is 5.97 Å². The molecular weight excluding hydrogens is 360 g/mol. The summed E-state index contributed by atoms with van der Waals surface area (Å²) in [7, 11) is -1.82. The van der Waals surface area contributed by atoms with Gasteiger partial charge in [0.25, 0.3) is 0 Å². The van der Waals surface area contributed by atoms with Crippen molar-refractivity contribution in [2.75, 3.05) is 30.5 Å². The molecule has 0 saturated carbocycles.